The molecule has 2 fully saturated rings. The van der Waals surface area contributed by atoms with Crippen LogP contribution in [0.2, 0.25) is 5.02 Å². The number of carbonyl (C=O) groups is 1. The number of benzene rings is 1. The number of halogens is 1. The van der Waals surface area contributed by atoms with Crippen LogP contribution in [0.5, 0.6) is 0 Å². The third-order valence-corrected chi connectivity index (χ3v) is 9.21. The van der Waals surface area contributed by atoms with Crippen LogP contribution in [0.15, 0.2) is 52.2 Å². The summed E-state index contributed by atoms with van der Waals surface area (Å²) in [6, 6.07) is 11.6. The molecule has 5 rings (SSSR count). The molecule has 1 aromatic carbocycles. The highest BCUT2D eigenvalue weighted by atomic mass is 35.5. The topological polar surface area (TPSA) is 79.7 Å². The van der Waals surface area contributed by atoms with Crippen LogP contribution in [0.25, 0.3) is 0 Å². The van der Waals surface area contributed by atoms with Crippen molar-refractivity contribution >= 4 is 27.5 Å². The van der Waals surface area contributed by atoms with Crippen LogP contribution in [-0.4, -0.2) is 54.3 Å². The Morgan fingerprint density at radius 1 is 0.969 bits per heavy atom. The van der Waals surface area contributed by atoms with Gasteiger partial charge in [0.25, 0.3) is 5.56 Å². The van der Waals surface area contributed by atoms with Crippen LogP contribution < -0.4 is 5.56 Å². The molecule has 2 atom stereocenters. The molecule has 2 bridgehead atoms. The lowest BCUT2D eigenvalue weighted by molar-refractivity contribution is -0.139. The van der Waals surface area contributed by atoms with Gasteiger partial charge in [0.15, 0.2) is 0 Å². The zero-order valence-corrected chi connectivity index (χ0v) is 19.3. The second kappa shape index (κ2) is 8.32. The molecule has 170 valence electrons. The van der Waals surface area contributed by atoms with Gasteiger partial charge < -0.3 is 9.47 Å². The molecule has 0 aliphatic carbocycles. The molecule has 0 N–H and O–H groups in total. The van der Waals surface area contributed by atoms with E-state index in [2.05, 4.69) is 0 Å². The zero-order valence-electron chi connectivity index (χ0n) is 17.7. The molecule has 1 amide bonds. The molecule has 32 heavy (non-hydrogen) atoms. The van der Waals surface area contributed by atoms with Crippen molar-refractivity contribution in [3.05, 3.63) is 63.5 Å². The maximum atomic E-state index is 13.3. The van der Waals surface area contributed by atoms with Crippen LogP contribution in [0, 0.1) is 11.8 Å². The SMILES string of the molecule is O=C(C1CCN(S(=O)(=O)c2ccc(Cl)cc2)CC1)N1C[C@H]2C[C@H](C1)c1cccc(=O)n1C2. The number of piperidine rings is 2. The Kier molecular flexibility index (Phi) is 5.63. The average molecular weight is 476 g/mol. The number of amides is 1. The second-order valence-electron chi connectivity index (χ2n) is 9.07. The van der Waals surface area contributed by atoms with Gasteiger partial charge in [0.05, 0.1) is 4.90 Å². The van der Waals surface area contributed by atoms with Gasteiger partial charge in [-0.25, -0.2) is 8.42 Å². The number of likely N-dealkylation sites (tertiary alicyclic amines) is 1. The third kappa shape index (κ3) is 3.89. The van der Waals surface area contributed by atoms with Gasteiger partial charge in [0.1, 0.15) is 0 Å². The van der Waals surface area contributed by atoms with Crippen molar-refractivity contribution in [2.75, 3.05) is 26.2 Å². The molecule has 0 unspecified atom stereocenters. The Morgan fingerprint density at radius 3 is 2.41 bits per heavy atom. The van der Waals surface area contributed by atoms with E-state index in [4.69, 9.17) is 11.6 Å². The van der Waals surface area contributed by atoms with Gasteiger partial charge in [0, 0.05) is 61.3 Å². The number of fused-ring (bicyclic) bond motifs is 4. The fourth-order valence-corrected chi connectivity index (χ4v) is 7.03. The van der Waals surface area contributed by atoms with E-state index in [1.54, 1.807) is 24.3 Å². The third-order valence-electron chi connectivity index (χ3n) is 7.05. The van der Waals surface area contributed by atoms with Crippen molar-refractivity contribution in [1.82, 2.24) is 13.8 Å². The Hall–Kier alpha value is -2.16. The molecule has 2 saturated heterocycles. The number of carbonyl (C=O) groups excluding carboxylic acids is 1. The van der Waals surface area contributed by atoms with Crippen LogP contribution in [0.4, 0.5) is 0 Å². The summed E-state index contributed by atoms with van der Waals surface area (Å²) in [5, 5.41) is 0.493. The first-order valence-corrected chi connectivity index (χ1v) is 12.9. The summed E-state index contributed by atoms with van der Waals surface area (Å²) in [5.74, 6) is 0.430. The highest BCUT2D eigenvalue weighted by Crippen LogP contribution is 2.36. The number of sulfonamides is 1. The Labute approximate surface area is 192 Å². The van der Waals surface area contributed by atoms with E-state index in [0.29, 0.717) is 50.6 Å². The zero-order chi connectivity index (χ0) is 22.5. The van der Waals surface area contributed by atoms with Gasteiger partial charge in [-0.3, -0.25) is 9.59 Å². The van der Waals surface area contributed by atoms with Gasteiger partial charge in [0.2, 0.25) is 15.9 Å². The van der Waals surface area contributed by atoms with E-state index in [1.807, 2.05) is 15.5 Å². The monoisotopic (exact) mass is 475 g/mol. The lowest BCUT2D eigenvalue weighted by Gasteiger charge is -2.44. The van der Waals surface area contributed by atoms with Crippen LogP contribution >= 0.6 is 11.6 Å². The molecular weight excluding hydrogens is 450 g/mol. The van der Waals surface area contributed by atoms with Crippen molar-refractivity contribution in [2.24, 2.45) is 11.8 Å². The molecule has 0 radical (unpaired) electrons. The smallest absolute Gasteiger partial charge is 0.250 e. The Balaban J connectivity index is 1.25. The minimum absolute atomic E-state index is 0.0336. The largest absolute Gasteiger partial charge is 0.341 e. The van der Waals surface area contributed by atoms with E-state index < -0.39 is 10.0 Å². The van der Waals surface area contributed by atoms with Crippen LogP contribution in [0.1, 0.15) is 30.9 Å². The first-order valence-electron chi connectivity index (χ1n) is 11.1. The van der Waals surface area contributed by atoms with Crippen molar-refractivity contribution in [3.63, 3.8) is 0 Å². The van der Waals surface area contributed by atoms with E-state index in [9.17, 15) is 18.0 Å². The lowest BCUT2D eigenvalue weighted by Crippen LogP contribution is -2.52. The maximum Gasteiger partial charge on any atom is 0.250 e. The average Bonchev–Trinajstić information content (AvgIpc) is 2.79. The fraction of sp³-hybridized carbons (Fsp3) is 0.478. The molecule has 7 nitrogen and oxygen atoms in total. The van der Waals surface area contributed by atoms with Gasteiger partial charge in [-0.2, -0.15) is 4.31 Å². The van der Waals surface area contributed by atoms with Crippen LogP contribution in [-0.2, 0) is 21.4 Å². The summed E-state index contributed by atoms with van der Waals surface area (Å²) < 4.78 is 29.2. The summed E-state index contributed by atoms with van der Waals surface area (Å²) in [6.45, 7) is 2.62. The highest BCUT2D eigenvalue weighted by Gasteiger charge is 2.39. The molecular formula is C23H26ClN3O4S. The molecule has 0 saturated carbocycles. The van der Waals surface area contributed by atoms with Gasteiger partial charge in [-0.05, 0) is 55.5 Å². The predicted octanol–water partition coefficient (Wildman–Crippen LogP) is 2.55. The molecule has 2 aromatic rings. The summed E-state index contributed by atoms with van der Waals surface area (Å²) in [4.78, 5) is 27.7. The highest BCUT2D eigenvalue weighted by molar-refractivity contribution is 7.89. The summed E-state index contributed by atoms with van der Waals surface area (Å²) in [6.07, 6.45) is 2.05. The van der Waals surface area contributed by atoms with Crippen molar-refractivity contribution < 1.29 is 13.2 Å². The first kappa shape index (κ1) is 21.7. The Morgan fingerprint density at radius 2 is 1.69 bits per heavy atom. The summed E-state index contributed by atoms with van der Waals surface area (Å²) in [5.41, 5.74) is 1.06. The minimum Gasteiger partial charge on any atom is -0.341 e. The van der Waals surface area contributed by atoms with Crippen molar-refractivity contribution in [2.45, 2.75) is 36.6 Å². The van der Waals surface area contributed by atoms with Gasteiger partial charge in [-0.1, -0.05) is 17.7 Å². The molecule has 0 spiro atoms. The number of hydrogen-bond acceptors (Lipinski definition) is 4. The van der Waals surface area contributed by atoms with E-state index >= 15 is 0 Å². The summed E-state index contributed by atoms with van der Waals surface area (Å²) in [7, 11) is -3.59. The number of nitrogens with zero attached hydrogens (tertiary/aromatic N) is 3. The normalized spacial score (nSPS) is 24.2. The Bertz CT molecular complexity index is 1190. The van der Waals surface area contributed by atoms with E-state index in [1.165, 1.54) is 16.4 Å². The molecule has 9 heteroatoms. The lowest BCUT2D eigenvalue weighted by atomic mass is 9.82. The molecule has 4 heterocycles. The van der Waals surface area contributed by atoms with Crippen molar-refractivity contribution in [3.8, 4) is 0 Å². The summed E-state index contributed by atoms with van der Waals surface area (Å²) >= 11 is 5.88. The number of aromatic nitrogens is 1. The van der Waals surface area contributed by atoms with Crippen LogP contribution in [0.3, 0.4) is 0 Å². The second-order valence-corrected chi connectivity index (χ2v) is 11.4. The molecule has 3 aliphatic heterocycles. The number of pyridine rings is 1. The predicted molar refractivity (Wildman–Crippen MR) is 121 cm³/mol. The van der Waals surface area contributed by atoms with Gasteiger partial charge >= 0.3 is 0 Å². The van der Waals surface area contributed by atoms with E-state index in [0.717, 1.165) is 12.1 Å². The fourth-order valence-electron chi connectivity index (χ4n) is 5.43. The minimum atomic E-state index is -3.59. The number of rotatable bonds is 3. The van der Waals surface area contributed by atoms with Gasteiger partial charge in [-0.15, -0.1) is 0 Å². The quantitative estimate of drug-likeness (QED) is 0.683. The molecule has 3 aliphatic rings. The number of hydrogen-bond donors (Lipinski definition) is 0. The molecule has 1 aromatic heterocycles. The van der Waals surface area contributed by atoms with Crippen molar-refractivity contribution in [1.29, 1.82) is 0 Å². The first-order chi connectivity index (χ1) is 15.3. The van der Waals surface area contributed by atoms with E-state index in [-0.39, 0.29) is 34.1 Å². The standard InChI is InChI=1S/C23H26ClN3O4S/c24-19-4-6-20(7-5-19)32(30,31)26-10-8-17(9-11-26)23(29)25-13-16-12-18(15-25)21-2-1-3-22(28)27(21)14-16/h1-7,16-18H,8-15H2/t16-,18-/m1/s1. The maximum absolute atomic E-state index is 13.3.